The van der Waals surface area contributed by atoms with E-state index in [0.717, 1.165) is 5.56 Å². The Morgan fingerprint density at radius 2 is 2.00 bits per heavy atom. The predicted molar refractivity (Wildman–Crippen MR) is 69.1 cm³/mol. The number of likely N-dealkylation sites (N-methyl/N-ethyl adjacent to an activating group) is 1. The van der Waals surface area contributed by atoms with Crippen molar-refractivity contribution in [1.82, 2.24) is 4.90 Å². The number of hydrogen-bond acceptors (Lipinski definition) is 4. The van der Waals surface area contributed by atoms with Crippen LogP contribution in [-0.4, -0.2) is 36.8 Å². The fourth-order valence-corrected chi connectivity index (χ4v) is 1.83. The van der Waals surface area contributed by atoms with Crippen LogP contribution in [0.5, 0.6) is 0 Å². The molecule has 0 aromatic heterocycles. The van der Waals surface area contributed by atoms with Crippen LogP contribution in [0.4, 0.5) is 4.79 Å². The lowest BCUT2D eigenvalue weighted by atomic mass is 10.1. The molecule has 0 saturated carbocycles. The fourth-order valence-electron chi connectivity index (χ4n) is 1.83. The molecule has 100 valence electrons. The summed E-state index contributed by atoms with van der Waals surface area (Å²) in [5.74, 6) is -0.180. The van der Waals surface area contributed by atoms with Crippen LogP contribution in [0.1, 0.15) is 12.5 Å². The maximum absolute atomic E-state index is 12.1. The maximum Gasteiger partial charge on any atom is 0.510 e. The monoisotopic (exact) mass is 261 g/mol. The van der Waals surface area contributed by atoms with E-state index in [9.17, 15) is 9.59 Å². The Bertz CT molecular complexity index is 509. The highest BCUT2D eigenvalue weighted by atomic mass is 16.7. The molecular weight excluding hydrogens is 246 g/mol. The van der Waals surface area contributed by atoms with E-state index in [0.29, 0.717) is 5.57 Å². The summed E-state index contributed by atoms with van der Waals surface area (Å²) in [6, 6.07) is 9.25. The van der Waals surface area contributed by atoms with Gasteiger partial charge in [-0.3, -0.25) is 4.79 Å². The van der Waals surface area contributed by atoms with Gasteiger partial charge in [0.2, 0.25) is 6.23 Å². The molecule has 0 saturated heterocycles. The van der Waals surface area contributed by atoms with Crippen LogP contribution in [0, 0.1) is 0 Å². The number of rotatable bonds is 3. The molecule has 0 radical (unpaired) electrons. The summed E-state index contributed by atoms with van der Waals surface area (Å²) in [6.45, 7) is 1.93. The maximum atomic E-state index is 12.1. The van der Waals surface area contributed by atoms with Gasteiger partial charge in [0.05, 0.1) is 6.61 Å². The Balaban J connectivity index is 2.17. The van der Waals surface area contributed by atoms with E-state index in [-0.39, 0.29) is 12.5 Å². The van der Waals surface area contributed by atoms with Gasteiger partial charge in [0, 0.05) is 12.6 Å². The van der Waals surface area contributed by atoms with E-state index in [1.807, 2.05) is 30.3 Å². The van der Waals surface area contributed by atoms with Crippen molar-refractivity contribution in [3.8, 4) is 0 Å². The van der Waals surface area contributed by atoms with E-state index < -0.39 is 12.4 Å². The standard InChI is InChI=1S/C14H15NO4/c1-3-18-14(17)19-12-9-11(13(16)15(12)2)10-7-5-4-6-8-10/h4-9,12H,3H2,1-2H3. The average molecular weight is 261 g/mol. The first-order chi connectivity index (χ1) is 9.13. The first kappa shape index (κ1) is 13.1. The summed E-state index contributed by atoms with van der Waals surface area (Å²) >= 11 is 0. The van der Waals surface area contributed by atoms with E-state index in [1.54, 1.807) is 20.0 Å². The third-order valence-electron chi connectivity index (χ3n) is 2.81. The van der Waals surface area contributed by atoms with Crippen molar-refractivity contribution in [2.45, 2.75) is 13.2 Å². The summed E-state index contributed by atoms with van der Waals surface area (Å²) in [7, 11) is 1.58. The number of benzene rings is 1. The highest BCUT2D eigenvalue weighted by molar-refractivity contribution is 6.21. The lowest BCUT2D eigenvalue weighted by molar-refractivity contribution is -0.129. The average Bonchev–Trinajstić information content (AvgIpc) is 2.68. The molecule has 1 aromatic rings. The molecule has 2 rings (SSSR count). The Kier molecular flexibility index (Phi) is 3.85. The number of carbonyl (C=O) groups is 2. The lowest BCUT2D eigenvalue weighted by Gasteiger charge is -2.19. The Morgan fingerprint density at radius 1 is 1.32 bits per heavy atom. The van der Waals surface area contributed by atoms with Gasteiger partial charge in [-0.25, -0.2) is 4.79 Å². The topological polar surface area (TPSA) is 55.8 Å². The predicted octanol–water partition coefficient (Wildman–Crippen LogP) is 2.04. The first-order valence-corrected chi connectivity index (χ1v) is 6.01. The zero-order valence-corrected chi connectivity index (χ0v) is 10.8. The van der Waals surface area contributed by atoms with Crippen LogP contribution in [-0.2, 0) is 14.3 Å². The molecule has 0 bridgehead atoms. The highest BCUT2D eigenvalue weighted by Gasteiger charge is 2.32. The fraction of sp³-hybridized carbons (Fsp3) is 0.286. The second kappa shape index (κ2) is 5.56. The zero-order valence-electron chi connectivity index (χ0n) is 10.8. The van der Waals surface area contributed by atoms with Gasteiger partial charge in [0.25, 0.3) is 5.91 Å². The van der Waals surface area contributed by atoms with Crippen LogP contribution >= 0.6 is 0 Å². The van der Waals surface area contributed by atoms with Crippen LogP contribution in [0.25, 0.3) is 5.57 Å². The second-order valence-corrected chi connectivity index (χ2v) is 4.05. The molecule has 5 nitrogen and oxygen atoms in total. The number of carbonyl (C=O) groups excluding carboxylic acids is 2. The van der Waals surface area contributed by atoms with Crippen LogP contribution in [0.3, 0.4) is 0 Å². The van der Waals surface area contributed by atoms with E-state index in [2.05, 4.69) is 0 Å². The van der Waals surface area contributed by atoms with Gasteiger partial charge < -0.3 is 14.4 Å². The molecule has 0 fully saturated rings. The Hall–Kier alpha value is -2.30. The van der Waals surface area contributed by atoms with Crippen molar-refractivity contribution in [3.63, 3.8) is 0 Å². The van der Waals surface area contributed by atoms with Crippen molar-refractivity contribution in [2.75, 3.05) is 13.7 Å². The lowest BCUT2D eigenvalue weighted by Crippen LogP contribution is -2.34. The Labute approximate surface area is 111 Å². The summed E-state index contributed by atoms with van der Waals surface area (Å²) in [5.41, 5.74) is 1.33. The molecule has 19 heavy (non-hydrogen) atoms. The molecular formula is C14H15NO4. The molecule has 1 unspecified atom stereocenters. The smallest absolute Gasteiger partial charge is 0.435 e. The Morgan fingerprint density at radius 3 is 2.63 bits per heavy atom. The van der Waals surface area contributed by atoms with Gasteiger partial charge in [-0.05, 0) is 18.6 Å². The SMILES string of the molecule is CCOC(=O)OC1C=C(c2ccccc2)C(=O)N1C. The molecule has 0 spiro atoms. The summed E-state index contributed by atoms with van der Waals surface area (Å²) in [4.78, 5) is 24.7. The van der Waals surface area contributed by atoms with Crippen molar-refractivity contribution in [2.24, 2.45) is 0 Å². The molecule has 1 aliphatic rings. The van der Waals surface area contributed by atoms with Crippen LogP contribution < -0.4 is 0 Å². The van der Waals surface area contributed by atoms with Crippen molar-refractivity contribution in [3.05, 3.63) is 42.0 Å². The number of hydrogen-bond donors (Lipinski definition) is 0. The molecule has 1 aromatic carbocycles. The molecule has 0 N–H and O–H groups in total. The third-order valence-corrected chi connectivity index (χ3v) is 2.81. The third kappa shape index (κ3) is 2.76. The van der Waals surface area contributed by atoms with Crippen LogP contribution in [0.2, 0.25) is 0 Å². The van der Waals surface area contributed by atoms with Gasteiger partial charge >= 0.3 is 6.16 Å². The van der Waals surface area contributed by atoms with Gasteiger partial charge in [-0.15, -0.1) is 0 Å². The molecule has 0 aliphatic carbocycles. The van der Waals surface area contributed by atoms with E-state index in [1.165, 1.54) is 4.90 Å². The summed E-state index contributed by atoms with van der Waals surface area (Å²) in [6.07, 6.45) is 0.119. The first-order valence-electron chi connectivity index (χ1n) is 6.01. The van der Waals surface area contributed by atoms with Crippen LogP contribution in [0.15, 0.2) is 36.4 Å². The van der Waals surface area contributed by atoms with Gasteiger partial charge in [0.1, 0.15) is 0 Å². The minimum Gasteiger partial charge on any atom is -0.435 e. The zero-order chi connectivity index (χ0) is 13.8. The minimum absolute atomic E-state index is 0.180. The quantitative estimate of drug-likeness (QED) is 0.781. The molecule has 1 aliphatic heterocycles. The second-order valence-electron chi connectivity index (χ2n) is 4.05. The number of amides is 1. The largest absolute Gasteiger partial charge is 0.510 e. The minimum atomic E-state index is -0.780. The normalized spacial score (nSPS) is 18.2. The molecule has 5 heteroatoms. The van der Waals surface area contributed by atoms with E-state index >= 15 is 0 Å². The van der Waals surface area contributed by atoms with Gasteiger partial charge in [0.15, 0.2) is 0 Å². The van der Waals surface area contributed by atoms with Crippen molar-refractivity contribution < 1.29 is 19.1 Å². The van der Waals surface area contributed by atoms with E-state index in [4.69, 9.17) is 9.47 Å². The highest BCUT2D eigenvalue weighted by Crippen LogP contribution is 2.25. The summed E-state index contributed by atoms with van der Waals surface area (Å²) in [5, 5.41) is 0. The van der Waals surface area contributed by atoms with Crippen molar-refractivity contribution >= 4 is 17.6 Å². The molecule has 1 amide bonds. The number of ether oxygens (including phenoxy) is 2. The summed E-state index contributed by atoms with van der Waals surface area (Å²) < 4.78 is 9.75. The molecule has 1 atom stereocenters. The molecule has 1 heterocycles. The van der Waals surface area contributed by atoms with Gasteiger partial charge in [-0.1, -0.05) is 30.3 Å². The van der Waals surface area contributed by atoms with Gasteiger partial charge in [-0.2, -0.15) is 0 Å². The number of nitrogens with zero attached hydrogens (tertiary/aromatic N) is 1. The van der Waals surface area contributed by atoms with Crippen molar-refractivity contribution in [1.29, 1.82) is 0 Å².